The van der Waals surface area contributed by atoms with Crippen molar-refractivity contribution in [2.45, 2.75) is 31.3 Å². The zero-order valence-electron chi connectivity index (χ0n) is 9.74. The summed E-state index contributed by atoms with van der Waals surface area (Å²) in [5.41, 5.74) is -0.848. The molecule has 1 aromatic heterocycles. The van der Waals surface area contributed by atoms with E-state index in [1.165, 1.54) is 6.33 Å². The van der Waals surface area contributed by atoms with Crippen molar-refractivity contribution in [2.75, 3.05) is 18.5 Å². The van der Waals surface area contributed by atoms with E-state index in [4.69, 9.17) is 0 Å². The molecule has 1 aliphatic rings. The minimum absolute atomic E-state index is 0.208. The molecule has 0 aliphatic heterocycles. The predicted octanol–water partition coefficient (Wildman–Crippen LogP) is 1.27. The van der Waals surface area contributed by atoms with E-state index in [2.05, 4.69) is 25.9 Å². The van der Waals surface area contributed by atoms with Crippen LogP contribution in [0.3, 0.4) is 0 Å². The maximum Gasteiger partial charge on any atom is 0.267 e. The molecule has 94 valence electrons. The third kappa shape index (κ3) is 2.69. The largest absolute Gasteiger partial charge is 0.388 e. The van der Waals surface area contributed by atoms with Gasteiger partial charge in [0.25, 0.3) is 5.56 Å². The van der Waals surface area contributed by atoms with Gasteiger partial charge in [-0.25, -0.2) is 4.98 Å². The number of nitrogens with zero attached hydrogens (tertiary/aromatic N) is 2. The van der Waals surface area contributed by atoms with Gasteiger partial charge in [0.2, 0.25) is 0 Å². The standard InChI is InChI=1S/C11H16BrN3O2/c1-15(6-11(17)4-2-3-5-11)9-8(12)10(16)14-7-13-9/h7,17H,2-6H2,1H3,(H,13,14,16). The third-order valence-electron chi connectivity index (χ3n) is 3.21. The van der Waals surface area contributed by atoms with E-state index in [9.17, 15) is 9.90 Å². The summed E-state index contributed by atoms with van der Waals surface area (Å²) in [5, 5.41) is 10.3. The average molecular weight is 302 g/mol. The second-order valence-corrected chi connectivity index (χ2v) is 5.45. The number of halogens is 1. The number of H-pyrrole nitrogens is 1. The average Bonchev–Trinajstić information content (AvgIpc) is 2.68. The summed E-state index contributed by atoms with van der Waals surface area (Å²) in [6.45, 7) is 0.502. The van der Waals surface area contributed by atoms with Gasteiger partial charge in [0.15, 0.2) is 0 Å². The highest BCUT2D eigenvalue weighted by Crippen LogP contribution is 2.31. The van der Waals surface area contributed by atoms with E-state index >= 15 is 0 Å². The molecule has 0 atom stereocenters. The second-order valence-electron chi connectivity index (χ2n) is 4.66. The van der Waals surface area contributed by atoms with E-state index in [0.717, 1.165) is 25.7 Å². The predicted molar refractivity (Wildman–Crippen MR) is 69.2 cm³/mol. The van der Waals surface area contributed by atoms with Crippen molar-refractivity contribution in [3.05, 3.63) is 21.2 Å². The van der Waals surface area contributed by atoms with Gasteiger partial charge in [-0.1, -0.05) is 12.8 Å². The van der Waals surface area contributed by atoms with Crippen LogP contribution in [0.1, 0.15) is 25.7 Å². The van der Waals surface area contributed by atoms with Gasteiger partial charge in [-0.15, -0.1) is 0 Å². The van der Waals surface area contributed by atoms with Gasteiger partial charge in [0, 0.05) is 13.6 Å². The molecule has 1 aromatic rings. The molecular formula is C11H16BrN3O2. The molecule has 1 fully saturated rings. The Hall–Kier alpha value is -0.880. The summed E-state index contributed by atoms with van der Waals surface area (Å²) < 4.78 is 0.407. The molecule has 0 amide bonds. The zero-order chi connectivity index (χ0) is 12.5. The van der Waals surface area contributed by atoms with Crippen molar-refractivity contribution in [1.29, 1.82) is 0 Å². The maximum atomic E-state index is 11.4. The van der Waals surface area contributed by atoms with E-state index in [1.54, 1.807) is 0 Å². The topological polar surface area (TPSA) is 69.2 Å². The minimum Gasteiger partial charge on any atom is -0.388 e. The van der Waals surface area contributed by atoms with Crippen LogP contribution in [-0.2, 0) is 0 Å². The lowest BCUT2D eigenvalue weighted by Gasteiger charge is -2.29. The van der Waals surface area contributed by atoms with Crippen molar-refractivity contribution < 1.29 is 5.11 Å². The molecule has 5 nitrogen and oxygen atoms in total. The number of hydrogen-bond acceptors (Lipinski definition) is 4. The van der Waals surface area contributed by atoms with Crippen LogP contribution in [0.2, 0.25) is 0 Å². The van der Waals surface area contributed by atoms with Gasteiger partial charge in [-0.3, -0.25) is 4.79 Å². The Bertz CT molecular complexity index is 454. The third-order valence-corrected chi connectivity index (χ3v) is 3.92. The number of rotatable bonds is 3. The maximum absolute atomic E-state index is 11.4. The van der Waals surface area contributed by atoms with Gasteiger partial charge in [0.1, 0.15) is 10.3 Å². The first-order valence-electron chi connectivity index (χ1n) is 5.68. The molecular weight excluding hydrogens is 286 g/mol. The first-order chi connectivity index (χ1) is 8.02. The number of aromatic amines is 1. The number of aliphatic hydroxyl groups is 1. The first-order valence-corrected chi connectivity index (χ1v) is 6.48. The van der Waals surface area contributed by atoms with Gasteiger partial charge < -0.3 is 15.0 Å². The van der Waals surface area contributed by atoms with Gasteiger partial charge in [0.05, 0.1) is 11.9 Å². The van der Waals surface area contributed by atoms with Crippen LogP contribution >= 0.6 is 15.9 Å². The molecule has 0 radical (unpaired) electrons. The lowest BCUT2D eigenvalue weighted by molar-refractivity contribution is 0.0557. The molecule has 2 rings (SSSR count). The van der Waals surface area contributed by atoms with E-state index in [-0.39, 0.29) is 5.56 Å². The Labute approximate surface area is 108 Å². The lowest BCUT2D eigenvalue weighted by atomic mass is 10.0. The fraction of sp³-hybridized carbons (Fsp3) is 0.636. The summed E-state index contributed by atoms with van der Waals surface area (Å²) in [6.07, 6.45) is 5.14. The highest BCUT2D eigenvalue weighted by Gasteiger charge is 2.33. The lowest BCUT2D eigenvalue weighted by Crippen LogP contribution is -2.40. The van der Waals surface area contributed by atoms with Gasteiger partial charge in [-0.05, 0) is 28.8 Å². The smallest absolute Gasteiger partial charge is 0.267 e. The number of likely N-dealkylation sites (N-methyl/N-ethyl adjacent to an activating group) is 1. The van der Waals surface area contributed by atoms with Gasteiger partial charge in [-0.2, -0.15) is 0 Å². The fourth-order valence-corrected chi connectivity index (χ4v) is 2.87. The number of nitrogens with one attached hydrogen (secondary N) is 1. The van der Waals surface area contributed by atoms with E-state index < -0.39 is 5.60 Å². The molecule has 1 heterocycles. The number of aromatic nitrogens is 2. The highest BCUT2D eigenvalue weighted by molar-refractivity contribution is 9.10. The Morgan fingerprint density at radius 3 is 2.88 bits per heavy atom. The van der Waals surface area contributed by atoms with Crippen LogP contribution in [0.25, 0.3) is 0 Å². The minimum atomic E-state index is -0.640. The highest BCUT2D eigenvalue weighted by atomic mass is 79.9. The van der Waals surface area contributed by atoms with E-state index in [1.807, 2.05) is 11.9 Å². The molecule has 0 unspecified atom stereocenters. The zero-order valence-corrected chi connectivity index (χ0v) is 11.3. The van der Waals surface area contributed by atoms with Crippen LogP contribution in [-0.4, -0.2) is 34.3 Å². The van der Waals surface area contributed by atoms with Crippen molar-refractivity contribution in [1.82, 2.24) is 9.97 Å². The first kappa shape index (κ1) is 12.6. The normalized spacial score (nSPS) is 18.3. The fourth-order valence-electron chi connectivity index (χ4n) is 2.35. The van der Waals surface area contributed by atoms with Crippen LogP contribution < -0.4 is 10.5 Å². The van der Waals surface area contributed by atoms with Crippen molar-refractivity contribution in [2.24, 2.45) is 0 Å². The van der Waals surface area contributed by atoms with E-state index in [0.29, 0.717) is 16.8 Å². The molecule has 1 saturated carbocycles. The number of hydrogen-bond donors (Lipinski definition) is 2. The number of anilines is 1. The van der Waals surface area contributed by atoms with Crippen molar-refractivity contribution in [3.63, 3.8) is 0 Å². The van der Waals surface area contributed by atoms with Crippen LogP contribution in [0.15, 0.2) is 15.6 Å². The quantitative estimate of drug-likeness (QED) is 0.882. The SMILES string of the molecule is CN(CC1(O)CCCC1)c1nc[nH]c(=O)c1Br. The van der Waals surface area contributed by atoms with Crippen LogP contribution in [0.5, 0.6) is 0 Å². The molecule has 6 heteroatoms. The van der Waals surface area contributed by atoms with Crippen molar-refractivity contribution >= 4 is 21.7 Å². The Kier molecular flexibility index (Phi) is 3.53. The summed E-state index contributed by atoms with van der Waals surface area (Å²) in [5.74, 6) is 0.564. The second kappa shape index (κ2) is 4.78. The summed E-state index contributed by atoms with van der Waals surface area (Å²) >= 11 is 3.22. The Morgan fingerprint density at radius 1 is 1.59 bits per heavy atom. The molecule has 1 aliphatic carbocycles. The molecule has 0 saturated heterocycles. The molecule has 17 heavy (non-hydrogen) atoms. The molecule has 0 aromatic carbocycles. The molecule has 0 bridgehead atoms. The summed E-state index contributed by atoms with van der Waals surface area (Å²) in [7, 11) is 1.84. The van der Waals surface area contributed by atoms with Gasteiger partial charge >= 0.3 is 0 Å². The summed E-state index contributed by atoms with van der Waals surface area (Å²) in [4.78, 5) is 19.9. The molecule has 0 spiro atoms. The van der Waals surface area contributed by atoms with Crippen LogP contribution in [0.4, 0.5) is 5.82 Å². The van der Waals surface area contributed by atoms with Crippen LogP contribution in [0, 0.1) is 0 Å². The monoisotopic (exact) mass is 301 g/mol. The Balaban J connectivity index is 2.17. The summed E-state index contributed by atoms with van der Waals surface area (Å²) in [6, 6.07) is 0. The molecule has 2 N–H and O–H groups in total. The Morgan fingerprint density at radius 2 is 2.24 bits per heavy atom. The van der Waals surface area contributed by atoms with Crippen molar-refractivity contribution in [3.8, 4) is 0 Å².